The summed E-state index contributed by atoms with van der Waals surface area (Å²) in [6.45, 7) is 0. The molecule has 0 saturated carbocycles. The fraction of sp³-hybridized carbons (Fsp3) is 0.273. The van der Waals surface area contributed by atoms with Crippen LogP contribution in [0.4, 0.5) is 5.69 Å². The number of amides is 2. The van der Waals surface area contributed by atoms with Crippen molar-refractivity contribution in [3.63, 3.8) is 0 Å². The molecule has 2 N–H and O–H groups in total. The Hall–Kier alpha value is -1.01. The molecule has 90 valence electrons. The van der Waals surface area contributed by atoms with Crippen molar-refractivity contribution < 1.29 is 9.59 Å². The molecule has 0 radical (unpaired) electrons. The van der Waals surface area contributed by atoms with Gasteiger partial charge in [0.15, 0.2) is 0 Å². The van der Waals surface area contributed by atoms with Gasteiger partial charge in [-0.05, 0) is 34.1 Å². The van der Waals surface area contributed by atoms with Crippen LogP contribution in [0, 0.1) is 0 Å². The third-order valence-corrected chi connectivity index (χ3v) is 4.75. The number of carbonyl (C=O) groups is 2. The van der Waals surface area contributed by atoms with Crippen LogP contribution >= 0.6 is 27.7 Å². The topological polar surface area (TPSA) is 63.4 Å². The van der Waals surface area contributed by atoms with Crippen molar-refractivity contribution in [2.24, 2.45) is 0 Å². The summed E-state index contributed by atoms with van der Waals surface area (Å²) in [5.74, 6) is -0.261. The Labute approximate surface area is 112 Å². The van der Waals surface area contributed by atoms with E-state index in [1.54, 1.807) is 12.1 Å². The molecule has 1 unspecified atom stereocenters. The first-order valence-electron chi connectivity index (χ1n) is 5.01. The van der Waals surface area contributed by atoms with Crippen molar-refractivity contribution >= 4 is 45.2 Å². The number of hydrogen-bond acceptors (Lipinski definition) is 4. The van der Waals surface area contributed by atoms with Gasteiger partial charge in [0, 0.05) is 28.5 Å². The molecule has 1 aromatic carbocycles. The molecular formula is C11H11BrN2O2S. The van der Waals surface area contributed by atoms with Gasteiger partial charge < -0.3 is 5.73 Å². The normalized spacial score (nSPS) is 20.1. The quantitative estimate of drug-likeness (QED) is 0.668. The van der Waals surface area contributed by atoms with E-state index in [0.717, 1.165) is 9.37 Å². The maximum atomic E-state index is 11.7. The standard InChI is InChI=1S/C11H11BrN2O2S/c1-14-10(15)5-9(11(14)16)17-8-3-2-6(13)4-7(8)12/h2-4,9H,5,13H2,1H3. The fourth-order valence-electron chi connectivity index (χ4n) is 1.58. The van der Waals surface area contributed by atoms with Crippen LogP contribution in [-0.2, 0) is 9.59 Å². The number of nitrogens with two attached hydrogens (primary N) is 1. The highest BCUT2D eigenvalue weighted by atomic mass is 79.9. The summed E-state index contributed by atoms with van der Waals surface area (Å²) >= 11 is 4.78. The summed E-state index contributed by atoms with van der Waals surface area (Å²) < 4.78 is 0.845. The summed E-state index contributed by atoms with van der Waals surface area (Å²) in [5, 5.41) is -0.326. The molecule has 17 heavy (non-hydrogen) atoms. The van der Waals surface area contributed by atoms with E-state index in [1.807, 2.05) is 6.07 Å². The van der Waals surface area contributed by atoms with Crippen molar-refractivity contribution in [1.29, 1.82) is 0 Å². The van der Waals surface area contributed by atoms with Crippen LogP contribution in [0.2, 0.25) is 0 Å². The molecule has 1 aliphatic heterocycles. The minimum atomic E-state index is -0.326. The van der Waals surface area contributed by atoms with Gasteiger partial charge in [-0.3, -0.25) is 14.5 Å². The zero-order valence-corrected chi connectivity index (χ0v) is 11.5. The van der Waals surface area contributed by atoms with Crippen molar-refractivity contribution in [1.82, 2.24) is 4.90 Å². The van der Waals surface area contributed by atoms with Crippen molar-refractivity contribution in [2.45, 2.75) is 16.6 Å². The lowest BCUT2D eigenvalue weighted by molar-refractivity contribution is -0.136. The number of anilines is 1. The maximum Gasteiger partial charge on any atom is 0.242 e. The lowest BCUT2D eigenvalue weighted by Gasteiger charge is -2.10. The summed E-state index contributed by atoms with van der Waals surface area (Å²) in [5.41, 5.74) is 6.30. The van der Waals surface area contributed by atoms with Crippen LogP contribution in [0.15, 0.2) is 27.6 Å². The van der Waals surface area contributed by atoms with Crippen LogP contribution in [-0.4, -0.2) is 29.0 Å². The number of imide groups is 1. The van der Waals surface area contributed by atoms with E-state index in [1.165, 1.54) is 23.7 Å². The number of hydrogen-bond donors (Lipinski definition) is 1. The Morgan fingerprint density at radius 1 is 1.47 bits per heavy atom. The average Bonchev–Trinajstić information content (AvgIpc) is 2.50. The van der Waals surface area contributed by atoms with Gasteiger partial charge in [0.1, 0.15) is 0 Å². The molecule has 0 aromatic heterocycles. The number of carbonyl (C=O) groups excluding carboxylic acids is 2. The molecule has 1 heterocycles. The largest absolute Gasteiger partial charge is 0.399 e. The second-order valence-corrected chi connectivity index (χ2v) is 5.89. The highest BCUT2D eigenvalue weighted by Crippen LogP contribution is 2.36. The molecule has 2 amide bonds. The third kappa shape index (κ3) is 2.47. The molecule has 1 saturated heterocycles. The van der Waals surface area contributed by atoms with Gasteiger partial charge in [0.05, 0.1) is 5.25 Å². The fourth-order valence-corrected chi connectivity index (χ4v) is 3.37. The second kappa shape index (κ2) is 4.70. The summed E-state index contributed by atoms with van der Waals surface area (Å²) in [6, 6.07) is 5.41. The first-order chi connectivity index (χ1) is 7.99. The summed E-state index contributed by atoms with van der Waals surface area (Å²) in [7, 11) is 1.52. The monoisotopic (exact) mass is 314 g/mol. The predicted octanol–water partition coefficient (Wildman–Crippen LogP) is 1.88. The van der Waals surface area contributed by atoms with E-state index < -0.39 is 0 Å². The number of thioether (sulfide) groups is 1. The van der Waals surface area contributed by atoms with Gasteiger partial charge in [-0.25, -0.2) is 0 Å². The third-order valence-electron chi connectivity index (χ3n) is 2.57. The Balaban J connectivity index is 2.17. The molecule has 0 spiro atoms. The smallest absolute Gasteiger partial charge is 0.242 e. The Morgan fingerprint density at radius 2 is 2.18 bits per heavy atom. The number of nitrogens with zero attached hydrogens (tertiary/aromatic N) is 1. The Morgan fingerprint density at radius 3 is 2.71 bits per heavy atom. The molecule has 0 aliphatic carbocycles. The highest BCUT2D eigenvalue weighted by molar-refractivity contribution is 9.10. The van der Waals surface area contributed by atoms with Crippen LogP contribution in [0.5, 0.6) is 0 Å². The van der Waals surface area contributed by atoms with E-state index in [2.05, 4.69) is 15.9 Å². The summed E-state index contributed by atoms with van der Waals surface area (Å²) in [6.07, 6.45) is 0.261. The number of likely N-dealkylation sites (tertiary alicyclic amines) is 1. The molecule has 6 heteroatoms. The maximum absolute atomic E-state index is 11.7. The lowest BCUT2D eigenvalue weighted by Crippen LogP contribution is -2.26. The van der Waals surface area contributed by atoms with Crippen LogP contribution in [0.3, 0.4) is 0 Å². The van der Waals surface area contributed by atoms with E-state index in [0.29, 0.717) is 5.69 Å². The van der Waals surface area contributed by atoms with E-state index in [9.17, 15) is 9.59 Å². The molecule has 4 nitrogen and oxygen atoms in total. The molecule has 0 bridgehead atoms. The number of rotatable bonds is 2. The second-order valence-electron chi connectivity index (χ2n) is 3.79. The summed E-state index contributed by atoms with van der Waals surface area (Å²) in [4.78, 5) is 25.2. The Kier molecular flexibility index (Phi) is 3.44. The van der Waals surface area contributed by atoms with Gasteiger partial charge in [-0.1, -0.05) is 0 Å². The lowest BCUT2D eigenvalue weighted by atomic mass is 10.3. The van der Waals surface area contributed by atoms with Gasteiger partial charge in [0.2, 0.25) is 11.8 Å². The van der Waals surface area contributed by atoms with Crippen LogP contribution < -0.4 is 5.73 Å². The predicted molar refractivity (Wildman–Crippen MR) is 70.6 cm³/mol. The first kappa shape index (κ1) is 12.4. The molecule has 1 aromatic rings. The number of nitrogen functional groups attached to an aromatic ring is 1. The van der Waals surface area contributed by atoms with Gasteiger partial charge >= 0.3 is 0 Å². The van der Waals surface area contributed by atoms with E-state index in [-0.39, 0.29) is 23.5 Å². The van der Waals surface area contributed by atoms with Gasteiger partial charge in [-0.2, -0.15) is 0 Å². The van der Waals surface area contributed by atoms with Crippen molar-refractivity contribution in [3.05, 3.63) is 22.7 Å². The van der Waals surface area contributed by atoms with Crippen LogP contribution in [0.1, 0.15) is 6.42 Å². The SMILES string of the molecule is CN1C(=O)CC(Sc2ccc(N)cc2Br)C1=O. The zero-order chi connectivity index (χ0) is 12.6. The van der Waals surface area contributed by atoms with E-state index in [4.69, 9.17) is 5.73 Å². The molecular weight excluding hydrogens is 304 g/mol. The van der Waals surface area contributed by atoms with Crippen molar-refractivity contribution in [2.75, 3.05) is 12.8 Å². The molecule has 1 fully saturated rings. The number of halogens is 1. The van der Waals surface area contributed by atoms with Gasteiger partial charge in [-0.15, -0.1) is 11.8 Å². The molecule has 1 atom stereocenters. The van der Waals surface area contributed by atoms with Crippen LogP contribution in [0.25, 0.3) is 0 Å². The van der Waals surface area contributed by atoms with Crippen molar-refractivity contribution in [3.8, 4) is 0 Å². The molecule has 1 aliphatic rings. The minimum absolute atomic E-state index is 0.126. The van der Waals surface area contributed by atoms with E-state index >= 15 is 0 Å². The number of benzene rings is 1. The average molecular weight is 315 g/mol. The Bertz CT molecular complexity index is 492. The zero-order valence-electron chi connectivity index (χ0n) is 9.14. The minimum Gasteiger partial charge on any atom is -0.399 e. The highest BCUT2D eigenvalue weighted by Gasteiger charge is 2.36. The molecule has 2 rings (SSSR count). The first-order valence-corrected chi connectivity index (χ1v) is 6.68. The van der Waals surface area contributed by atoms with Gasteiger partial charge in [0.25, 0.3) is 0 Å².